The highest BCUT2D eigenvalue weighted by Gasteiger charge is 2.11. The van der Waals surface area contributed by atoms with Gasteiger partial charge in [0.1, 0.15) is 5.69 Å². The van der Waals surface area contributed by atoms with Crippen LogP contribution in [-0.2, 0) is 0 Å². The minimum absolute atomic E-state index is 0. The molecule has 4 heteroatoms. The average molecular weight is 326 g/mol. The van der Waals surface area contributed by atoms with Crippen molar-refractivity contribution in [2.75, 3.05) is 21.1 Å². The van der Waals surface area contributed by atoms with E-state index in [-0.39, 0.29) is 24.0 Å². The van der Waals surface area contributed by atoms with Crippen LogP contribution in [0, 0.1) is 0 Å². The number of hydrogen-bond donors (Lipinski definition) is 0. The largest absolute Gasteiger partial charge is 1.00 e. The van der Waals surface area contributed by atoms with Gasteiger partial charge in [0.05, 0.1) is 21.1 Å². The monoisotopic (exact) mass is 325 g/mol. The van der Waals surface area contributed by atoms with Gasteiger partial charge in [-0.2, -0.15) is 0 Å². The molecule has 0 spiro atoms. The van der Waals surface area contributed by atoms with Crippen LogP contribution in [0.5, 0.6) is 0 Å². The number of rotatable bonds is 2. The van der Waals surface area contributed by atoms with Gasteiger partial charge in [0.25, 0.3) is 5.24 Å². The summed E-state index contributed by atoms with van der Waals surface area (Å²) in [6, 6.07) is 7.31. The van der Waals surface area contributed by atoms with Gasteiger partial charge < -0.3 is 24.0 Å². The maximum atomic E-state index is 10.8. The summed E-state index contributed by atoms with van der Waals surface area (Å²) < 4.78 is 0.733. The van der Waals surface area contributed by atoms with Crippen LogP contribution in [0.25, 0.3) is 0 Å². The number of carbonyl (C=O) groups is 1. The Morgan fingerprint density at radius 1 is 1.14 bits per heavy atom. The van der Waals surface area contributed by atoms with Crippen LogP contribution in [0.15, 0.2) is 24.3 Å². The Morgan fingerprint density at radius 2 is 1.57 bits per heavy atom. The predicted molar refractivity (Wildman–Crippen MR) is 56.2 cm³/mol. The van der Waals surface area contributed by atoms with E-state index in [1.54, 1.807) is 12.1 Å². The van der Waals surface area contributed by atoms with Gasteiger partial charge in [0, 0.05) is 5.56 Å². The third-order valence-electron chi connectivity index (χ3n) is 1.87. The van der Waals surface area contributed by atoms with Crippen molar-refractivity contribution in [3.05, 3.63) is 29.8 Å². The molecule has 0 amide bonds. The Labute approximate surface area is 106 Å². The molecular weight excluding hydrogens is 312 g/mol. The van der Waals surface area contributed by atoms with Crippen molar-refractivity contribution < 1.29 is 28.8 Å². The first-order chi connectivity index (χ1) is 5.91. The Balaban J connectivity index is 0.00000169. The molecule has 1 aromatic carbocycles. The second-order valence-electron chi connectivity index (χ2n) is 3.83. The van der Waals surface area contributed by atoms with E-state index in [0.29, 0.717) is 5.56 Å². The molecule has 0 bridgehead atoms. The highest BCUT2D eigenvalue weighted by Crippen LogP contribution is 2.17. The lowest BCUT2D eigenvalue weighted by Gasteiger charge is -2.23. The first-order valence-electron chi connectivity index (χ1n) is 4.03. The van der Waals surface area contributed by atoms with Gasteiger partial charge in [0.2, 0.25) is 0 Å². The van der Waals surface area contributed by atoms with E-state index in [2.05, 4.69) is 21.1 Å². The van der Waals surface area contributed by atoms with Gasteiger partial charge in [-0.05, 0) is 35.9 Å². The number of nitrogens with zero attached hydrogens (tertiary/aromatic N) is 1. The molecule has 2 nitrogen and oxygen atoms in total. The van der Waals surface area contributed by atoms with Crippen molar-refractivity contribution in [1.82, 2.24) is 4.48 Å². The first kappa shape index (κ1) is 13.9. The van der Waals surface area contributed by atoms with Gasteiger partial charge in [0.15, 0.2) is 0 Å². The van der Waals surface area contributed by atoms with E-state index in [1.165, 1.54) is 0 Å². The zero-order valence-electron chi connectivity index (χ0n) is 8.42. The summed E-state index contributed by atoms with van der Waals surface area (Å²) in [4.78, 5) is 10.8. The fourth-order valence-corrected chi connectivity index (χ4v) is 1.17. The lowest BCUT2D eigenvalue weighted by molar-refractivity contribution is -0.00000987. The van der Waals surface area contributed by atoms with E-state index in [1.807, 2.05) is 12.1 Å². The molecule has 0 saturated heterocycles. The van der Waals surface area contributed by atoms with Gasteiger partial charge in [-0.1, -0.05) is 0 Å². The molecule has 0 radical (unpaired) electrons. The number of benzene rings is 1. The molecule has 78 valence electrons. The van der Waals surface area contributed by atoms with Crippen LogP contribution in [0.3, 0.4) is 0 Å². The lowest BCUT2D eigenvalue weighted by atomic mass is 10.2. The van der Waals surface area contributed by atoms with Gasteiger partial charge in [-0.25, -0.2) is 0 Å². The molecule has 0 aliphatic rings. The summed E-state index contributed by atoms with van der Waals surface area (Å²) in [7, 11) is 6.20. The van der Waals surface area contributed by atoms with Crippen LogP contribution >= 0.6 is 11.6 Å². The maximum absolute atomic E-state index is 10.8. The molecule has 0 unspecified atom stereocenters. The maximum Gasteiger partial charge on any atom is 0.252 e. The Morgan fingerprint density at radius 3 is 1.86 bits per heavy atom. The van der Waals surface area contributed by atoms with E-state index < -0.39 is 5.24 Å². The summed E-state index contributed by atoms with van der Waals surface area (Å²) in [5.74, 6) is 0. The molecule has 1 rings (SSSR count). The average Bonchev–Trinajstić information content (AvgIpc) is 2.03. The van der Waals surface area contributed by atoms with E-state index in [9.17, 15) is 4.79 Å². The third kappa shape index (κ3) is 3.55. The Hall–Kier alpha value is -0.130. The quantitative estimate of drug-likeness (QED) is 0.398. The lowest BCUT2D eigenvalue weighted by Crippen LogP contribution is -3.00. The molecule has 0 aromatic heterocycles. The molecular formula is C10H13ClINO. The highest BCUT2D eigenvalue weighted by molar-refractivity contribution is 6.67. The van der Waals surface area contributed by atoms with Crippen LogP contribution in [0.4, 0.5) is 5.69 Å². The smallest absolute Gasteiger partial charge is 0.252 e. The van der Waals surface area contributed by atoms with E-state index >= 15 is 0 Å². The molecule has 0 N–H and O–H groups in total. The minimum atomic E-state index is -0.409. The molecule has 0 aliphatic carbocycles. The zero-order valence-corrected chi connectivity index (χ0v) is 11.3. The Bertz CT molecular complexity index is 316. The molecule has 0 aliphatic heterocycles. The number of hydrogen-bond acceptors (Lipinski definition) is 1. The zero-order chi connectivity index (χ0) is 10.1. The topological polar surface area (TPSA) is 17.1 Å². The first-order valence-corrected chi connectivity index (χ1v) is 4.41. The van der Waals surface area contributed by atoms with Crippen molar-refractivity contribution >= 4 is 22.5 Å². The van der Waals surface area contributed by atoms with Gasteiger partial charge in [-0.3, -0.25) is 9.28 Å². The molecule has 0 atom stereocenters. The highest BCUT2D eigenvalue weighted by atomic mass is 127. The summed E-state index contributed by atoms with van der Waals surface area (Å²) in [6.45, 7) is 0. The molecule has 1 aromatic rings. The second kappa shape index (κ2) is 5.09. The normalized spacial score (nSPS) is 10.6. The van der Waals surface area contributed by atoms with Crippen molar-refractivity contribution in [2.45, 2.75) is 0 Å². The predicted octanol–water partition coefficient (Wildman–Crippen LogP) is -0.734. The number of quaternary nitrogens is 1. The van der Waals surface area contributed by atoms with E-state index in [0.717, 1.165) is 10.2 Å². The summed E-state index contributed by atoms with van der Waals surface area (Å²) in [5.41, 5.74) is 1.68. The number of carbonyl (C=O) groups excluding carboxylic acids is 1. The van der Waals surface area contributed by atoms with Crippen LogP contribution in [0.1, 0.15) is 10.4 Å². The number of halogens is 2. The van der Waals surface area contributed by atoms with Crippen molar-refractivity contribution in [2.24, 2.45) is 0 Å². The van der Waals surface area contributed by atoms with Gasteiger partial charge in [-0.15, -0.1) is 0 Å². The second-order valence-corrected chi connectivity index (χ2v) is 4.18. The molecule has 0 heterocycles. The summed E-state index contributed by atoms with van der Waals surface area (Å²) in [5, 5.41) is -0.409. The summed E-state index contributed by atoms with van der Waals surface area (Å²) >= 11 is 5.33. The third-order valence-corrected chi connectivity index (χ3v) is 2.09. The van der Waals surface area contributed by atoms with Crippen molar-refractivity contribution in [3.8, 4) is 0 Å². The SMILES string of the molecule is C[N+](C)(C)c1ccc(C(=O)Cl)cc1.[I-]. The Kier molecular flexibility index (Phi) is 5.05. The van der Waals surface area contributed by atoms with Crippen LogP contribution in [-0.4, -0.2) is 26.4 Å². The molecule has 0 saturated carbocycles. The van der Waals surface area contributed by atoms with Gasteiger partial charge >= 0.3 is 0 Å². The van der Waals surface area contributed by atoms with Crippen LogP contribution < -0.4 is 28.5 Å². The fraction of sp³-hybridized carbons (Fsp3) is 0.300. The minimum Gasteiger partial charge on any atom is -1.00 e. The van der Waals surface area contributed by atoms with Crippen molar-refractivity contribution in [3.63, 3.8) is 0 Å². The van der Waals surface area contributed by atoms with E-state index in [4.69, 9.17) is 11.6 Å². The molecule has 0 fully saturated rings. The van der Waals surface area contributed by atoms with Crippen molar-refractivity contribution in [1.29, 1.82) is 0 Å². The van der Waals surface area contributed by atoms with Crippen LogP contribution in [0.2, 0.25) is 0 Å². The fourth-order valence-electron chi connectivity index (χ4n) is 1.04. The molecule has 14 heavy (non-hydrogen) atoms. The summed E-state index contributed by atoms with van der Waals surface area (Å²) in [6.07, 6.45) is 0. The standard InChI is InChI=1S/C10H13ClNO.HI/c1-12(2,3)9-6-4-8(5-7-9)10(11)13;/h4-7H,1-3H3;1H/q+1;/p-1.